The number of carbonyl (C=O) groups is 2. The van der Waals surface area contributed by atoms with Crippen LogP contribution in [0.25, 0.3) is 0 Å². The van der Waals surface area contributed by atoms with Crippen molar-refractivity contribution in [3.05, 3.63) is 0 Å². The van der Waals surface area contributed by atoms with Crippen molar-refractivity contribution in [1.82, 2.24) is 0 Å². The molecule has 19 heavy (non-hydrogen) atoms. The molecular weight excluding hydrogens is 244 g/mol. The minimum Gasteiger partial charge on any atom is -0.481 e. The molecule has 0 heterocycles. The van der Waals surface area contributed by atoms with Gasteiger partial charge < -0.3 is 9.84 Å². The van der Waals surface area contributed by atoms with Gasteiger partial charge in [-0.2, -0.15) is 0 Å². The Balaban J connectivity index is 3.30. The van der Waals surface area contributed by atoms with Gasteiger partial charge in [-0.1, -0.05) is 46.5 Å². The maximum atomic E-state index is 11.4. The van der Waals surface area contributed by atoms with E-state index >= 15 is 0 Å². The van der Waals surface area contributed by atoms with E-state index in [0.29, 0.717) is 13.0 Å². The fourth-order valence-corrected chi connectivity index (χ4v) is 1.62. The number of hydrogen-bond acceptors (Lipinski definition) is 3. The van der Waals surface area contributed by atoms with Crippen LogP contribution in [0.5, 0.6) is 0 Å². The molecular formula is C15H28O4. The Labute approximate surface area is 116 Å². The molecule has 0 aliphatic rings. The summed E-state index contributed by atoms with van der Waals surface area (Å²) in [4.78, 5) is 21.7. The van der Waals surface area contributed by atoms with Gasteiger partial charge in [0.05, 0.1) is 6.61 Å². The summed E-state index contributed by atoms with van der Waals surface area (Å²) in [6.45, 7) is 6.59. The van der Waals surface area contributed by atoms with Crippen molar-refractivity contribution < 1.29 is 19.4 Å². The second-order valence-corrected chi connectivity index (χ2v) is 6.24. The number of carboxylic acids is 1. The molecule has 0 bridgehead atoms. The molecule has 0 aromatic rings. The molecule has 0 atom stereocenters. The Kier molecular flexibility index (Phi) is 9.27. The van der Waals surface area contributed by atoms with Gasteiger partial charge in [-0.25, -0.2) is 0 Å². The highest BCUT2D eigenvalue weighted by molar-refractivity contribution is 5.69. The number of rotatable bonds is 10. The van der Waals surface area contributed by atoms with E-state index in [-0.39, 0.29) is 17.8 Å². The Bertz CT molecular complexity index is 266. The number of esters is 1. The van der Waals surface area contributed by atoms with Gasteiger partial charge in [0, 0.05) is 12.8 Å². The summed E-state index contributed by atoms with van der Waals surface area (Å²) in [7, 11) is 0. The normalized spacial score (nSPS) is 11.3. The molecule has 112 valence electrons. The smallest absolute Gasteiger partial charge is 0.305 e. The average Bonchev–Trinajstić information content (AvgIpc) is 2.28. The molecule has 0 unspecified atom stereocenters. The van der Waals surface area contributed by atoms with E-state index in [2.05, 4.69) is 0 Å². The molecule has 0 fully saturated rings. The lowest BCUT2D eigenvalue weighted by molar-refractivity contribution is -0.146. The van der Waals surface area contributed by atoms with Gasteiger partial charge >= 0.3 is 11.9 Å². The monoisotopic (exact) mass is 272 g/mol. The number of aliphatic carboxylic acids is 1. The zero-order chi connectivity index (χ0) is 14.7. The summed E-state index contributed by atoms with van der Waals surface area (Å²) in [6.07, 6.45) is 6.45. The Morgan fingerprint density at radius 1 is 0.895 bits per heavy atom. The standard InChI is InChI=1S/C15H28O4/c1-15(2,3)12-19-14(18)11-9-7-5-4-6-8-10-13(16)17/h4-12H2,1-3H3,(H,16,17). The highest BCUT2D eigenvalue weighted by Gasteiger charge is 2.13. The minimum absolute atomic E-state index is 0.0276. The van der Waals surface area contributed by atoms with Gasteiger partial charge in [0.1, 0.15) is 0 Å². The summed E-state index contributed by atoms with van der Waals surface area (Å²) in [5, 5.41) is 8.47. The molecule has 0 aromatic heterocycles. The van der Waals surface area contributed by atoms with Crippen LogP contribution < -0.4 is 0 Å². The van der Waals surface area contributed by atoms with Crippen LogP contribution in [0.4, 0.5) is 0 Å². The lowest BCUT2D eigenvalue weighted by Crippen LogP contribution is -2.18. The maximum absolute atomic E-state index is 11.4. The molecule has 0 spiro atoms. The summed E-state index contributed by atoms with van der Waals surface area (Å²) < 4.78 is 5.17. The molecule has 0 aromatic carbocycles. The van der Waals surface area contributed by atoms with E-state index in [1.807, 2.05) is 20.8 Å². The molecule has 0 amide bonds. The summed E-state index contributed by atoms with van der Waals surface area (Å²) in [5.74, 6) is -0.831. The summed E-state index contributed by atoms with van der Waals surface area (Å²) >= 11 is 0. The third-order valence-electron chi connectivity index (χ3n) is 2.69. The number of hydrogen-bond donors (Lipinski definition) is 1. The number of carbonyl (C=O) groups excluding carboxylic acids is 1. The first-order valence-electron chi connectivity index (χ1n) is 7.19. The van der Waals surface area contributed by atoms with Crippen molar-refractivity contribution in [2.75, 3.05) is 6.61 Å². The average molecular weight is 272 g/mol. The fraction of sp³-hybridized carbons (Fsp3) is 0.867. The van der Waals surface area contributed by atoms with Crippen molar-refractivity contribution in [3.8, 4) is 0 Å². The molecule has 0 saturated carbocycles. The molecule has 0 saturated heterocycles. The van der Waals surface area contributed by atoms with Crippen molar-refractivity contribution in [2.24, 2.45) is 5.41 Å². The van der Waals surface area contributed by atoms with E-state index in [1.165, 1.54) is 0 Å². The highest BCUT2D eigenvalue weighted by Crippen LogP contribution is 2.14. The van der Waals surface area contributed by atoms with E-state index in [4.69, 9.17) is 9.84 Å². The maximum Gasteiger partial charge on any atom is 0.305 e. The van der Waals surface area contributed by atoms with Crippen LogP contribution in [0, 0.1) is 5.41 Å². The van der Waals surface area contributed by atoms with Crippen molar-refractivity contribution in [3.63, 3.8) is 0 Å². The van der Waals surface area contributed by atoms with Gasteiger partial charge in [-0.3, -0.25) is 9.59 Å². The number of ether oxygens (including phenoxy) is 1. The predicted octanol–water partition coefficient (Wildman–Crippen LogP) is 3.78. The summed E-state index contributed by atoms with van der Waals surface area (Å²) in [6, 6.07) is 0. The third-order valence-corrected chi connectivity index (χ3v) is 2.69. The van der Waals surface area contributed by atoms with Crippen LogP contribution in [0.15, 0.2) is 0 Å². The van der Waals surface area contributed by atoms with Crippen LogP contribution >= 0.6 is 0 Å². The first kappa shape index (κ1) is 17.9. The van der Waals surface area contributed by atoms with Crippen molar-refractivity contribution in [1.29, 1.82) is 0 Å². The van der Waals surface area contributed by atoms with Crippen molar-refractivity contribution >= 4 is 11.9 Å². The van der Waals surface area contributed by atoms with Crippen LogP contribution in [-0.4, -0.2) is 23.7 Å². The van der Waals surface area contributed by atoms with E-state index in [0.717, 1.165) is 38.5 Å². The predicted molar refractivity (Wildman–Crippen MR) is 75.0 cm³/mol. The Morgan fingerprint density at radius 3 is 1.84 bits per heavy atom. The molecule has 1 N–H and O–H groups in total. The number of carboxylic acid groups (broad SMARTS) is 1. The second kappa shape index (κ2) is 9.82. The second-order valence-electron chi connectivity index (χ2n) is 6.24. The van der Waals surface area contributed by atoms with Gasteiger partial charge in [0.2, 0.25) is 0 Å². The van der Waals surface area contributed by atoms with Crippen LogP contribution in [0.3, 0.4) is 0 Å². The minimum atomic E-state index is -0.721. The highest BCUT2D eigenvalue weighted by atomic mass is 16.5. The number of unbranched alkanes of at least 4 members (excludes halogenated alkanes) is 5. The van der Waals surface area contributed by atoms with Gasteiger partial charge in [0.25, 0.3) is 0 Å². The van der Waals surface area contributed by atoms with E-state index in [1.54, 1.807) is 0 Å². The van der Waals surface area contributed by atoms with Crippen LogP contribution in [0.1, 0.15) is 72.1 Å². The molecule has 4 heteroatoms. The van der Waals surface area contributed by atoms with Crippen LogP contribution in [0.2, 0.25) is 0 Å². The van der Waals surface area contributed by atoms with Gasteiger partial charge in [0.15, 0.2) is 0 Å². The third kappa shape index (κ3) is 14.9. The first-order valence-corrected chi connectivity index (χ1v) is 7.19. The summed E-state index contributed by atoms with van der Waals surface area (Å²) in [5.41, 5.74) is 0.0276. The van der Waals surface area contributed by atoms with Gasteiger partial charge in [-0.15, -0.1) is 0 Å². The molecule has 4 nitrogen and oxygen atoms in total. The Hall–Kier alpha value is -1.06. The quantitative estimate of drug-likeness (QED) is 0.485. The van der Waals surface area contributed by atoms with Crippen molar-refractivity contribution in [2.45, 2.75) is 72.1 Å². The van der Waals surface area contributed by atoms with E-state index in [9.17, 15) is 9.59 Å². The SMILES string of the molecule is CC(C)(C)COC(=O)CCCCCCCCC(=O)O. The molecule has 0 aliphatic heterocycles. The Morgan fingerprint density at radius 2 is 1.37 bits per heavy atom. The lowest BCUT2D eigenvalue weighted by Gasteiger charge is -2.17. The van der Waals surface area contributed by atoms with Gasteiger partial charge in [-0.05, 0) is 18.3 Å². The largest absolute Gasteiger partial charge is 0.481 e. The molecule has 0 rings (SSSR count). The van der Waals surface area contributed by atoms with E-state index < -0.39 is 5.97 Å². The molecule has 0 aliphatic carbocycles. The zero-order valence-corrected chi connectivity index (χ0v) is 12.5. The zero-order valence-electron chi connectivity index (χ0n) is 12.5. The first-order chi connectivity index (χ1) is 8.81. The fourth-order valence-electron chi connectivity index (χ4n) is 1.62. The lowest BCUT2D eigenvalue weighted by atomic mass is 9.99. The topological polar surface area (TPSA) is 63.6 Å². The molecule has 0 radical (unpaired) electrons. The van der Waals surface area contributed by atoms with Crippen LogP contribution in [-0.2, 0) is 14.3 Å².